The van der Waals surface area contributed by atoms with E-state index in [1.54, 1.807) is 31.0 Å². The lowest BCUT2D eigenvalue weighted by Crippen LogP contribution is -2.25. The fourth-order valence-corrected chi connectivity index (χ4v) is 5.36. The van der Waals surface area contributed by atoms with Crippen LogP contribution in [0.15, 0.2) is 67.4 Å². The van der Waals surface area contributed by atoms with Crippen LogP contribution in [0.2, 0.25) is 0 Å². The predicted octanol–water partition coefficient (Wildman–Crippen LogP) is 5.55. The van der Waals surface area contributed by atoms with E-state index in [2.05, 4.69) is 35.0 Å². The lowest BCUT2D eigenvalue weighted by atomic mass is 10.0. The van der Waals surface area contributed by atoms with E-state index >= 15 is 0 Å². The van der Waals surface area contributed by atoms with Gasteiger partial charge in [-0.05, 0) is 61.8 Å². The fraction of sp³-hybridized carbons (Fsp3) is 0.200. The van der Waals surface area contributed by atoms with Gasteiger partial charge in [-0.1, -0.05) is 0 Å². The van der Waals surface area contributed by atoms with Gasteiger partial charge in [-0.3, -0.25) is 20.0 Å². The molecular weight excluding hydrogens is 509 g/mol. The van der Waals surface area contributed by atoms with Crippen molar-refractivity contribution >= 4 is 21.9 Å². The lowest BCUT2D eigenvalue weighted by Gasteiger charge is -2.15. The summed E-state index contributed by atoms with van der Waals surface area (Å²) >= 11 is 0. The summed E-state index contributed by atoms with van der Waals surface area (Å²) in [6.45, 7) is 3.82. The number of benzene rings is 1. The summed E-state index contributed by atoms with van der Waals surface area (Å²) in [6.07, 6.45) is 11.2. The standard InChI is InChI=1S/C30H26FN7O2/c31-21-7-18(8-22(39)11-21)26-16-33-17-28-24(26)12-27(35-28)29-25-10-20(14-34-30(25)37-36-29)19-9-23(15-32-13-19)40-6-5-38-3-1-2-4-38/h7-17,35,39H,1-6H2,(H,34,36,37). The number of fused-ring (bicyclic) bond motifs is 2. The van der Waals surface area contributed by atoms with Gasteiger partial charge in [-0.25, -0.2) is 9.37 Å². The van der Waals surface area contributed by atoms with Crippen LogP contribution in [0.4, 0.5) is 4.39 Å². The van der Waals surface area contributed by atoms with Crippen molar-refractivity contribution in [2.45, 2.75) is 12.8 Å². The molecule has 0 bridgehead atoms. The molecule has 0 atom stereocenters. The maximum Gasteiger partial charge on any atom is 0.155 e. The molecule has 0 unspecified atom stereocenters. The molecule has 3 N–H and O–H groups in total. The van der Waals surface area contributed by atoms with Gasteiger partial charge in [0.25, 0.3) is 0 Å². The average Bonchev–Trinajstić information content (AvgIpc) is 3.71. The number of aromatic nitrogens is 6. The van der Waals surface area contributed by atoms with Crippen LogP contribution >= 0.6 is 0 Å². The van der Waals surface area contributed by atoms with Crippen molar-refractivity contribution in [2.75, 3.05) is 26.2 Å². The zero-order chi connectivity index (χ0) is 27.1. The molecule has 1 fully saturated rings. The number of ether oxygens (including phenoxy) is 1. The third-order valence-electron chi connectivity index (χ3n) is 7.33. The van der Waals surface area contributed by atoms with E-state index in [9.17, 15) is 9.50 Å². The SMILES string of the molecule is Oc1cc(F)cc(-c2cncc3[nH]c(-c4n[nH]c5ncc(-c6cncc(OCCN7CCCC7)c6)cc45)cc23)c1. The van der Waals surface area contributed by atoms with Gasteiger partial charge < -0.3 is 14.8 Å². The van der Waals surface area contributed by atoms with E-state index in [-0.39, 0.29) is 5.75 Å². The van der Waals surface area contributed by atoms with Gasteiger partial charge in [0.2, 0.25) is 0 Å². The van der Waals surface area contributed by atoms with Crippen molar-refractivity contribution in [3.63, 3.8) is 0 Å². The maximum absolute atomic E-state index is 14.0. The van der Waals surface area contributed by atoms with Crippen LogP contribution in [0.5, 0.6) is 11.5 Å². The topological polar surface area (TPSA) is 116 Å². The highest BCUT2D eigenvalue weighted by molar-refractivity contribution is 6.00. The number of pyridine rings is 3. The smallest absolute Gasteiger partial charge is 0.155 e. The van der Waals surface area contributed by atoms with E-state index in [0.717, 1.165) is 64.6 Å². The van der Waals surface area contributed by atoms with Crippen LogP contribution in [0, 0.1) is 5.82 Å². The number of hydrogen-bond acceptors (Lipinski definition) is 7. The quantitative estimate of drug-likeness (QED) is 0.245. The first-order valence-electron chi connectivity index (χ1n) is 13.2. The fourth-order valence-electron chi connectivity index (χ4n) is 5.36. The summed E-state index contributed by atoms with van der Waals surface area (Å²) in [5.74, 6) is 0.0636. The minimum absolute atomic E-state index is 0.143. The van der Waals surface area contributed by atoms with Crippen LogP contribution in [0.3, 0.4) is 0 Å². The molecule has 9 nitrogen and oxygen atoms in total. The molecule has 1 saturated heterocycles. The third kappa shape index (κ3) is 4.62. The first-order chi connectivity index (χ1) is 19.6. The Balaban J connectivity index is 1.21. The molecule has 7 rings (SSSR count). The van der Waals surface area contributed by atoms with Crippen molar-refractivity contribution in [3.8, 4) is 45.1 Å². The molecular formula is C30H26FN7O2. The Kier molecular flexibility index (Phi) is 6.09. The summed E-state index contributed by atoms with van der Waals surface area (Å²) < 4.78 is 20.0. The molecule has 6 heterocycles. The number of nitrogens with zero attached hydrogens (tertiary/aromatic N) is 5. The average molecular weight is 536 g/mol. The van der Waals surface area contributed by atoms with Gasteiger partial charge in [-0.2, -0.15) is 5.10 Å². The lowest BCUT2D eigenvalue weighted by molar-refractivity contribution is 0.237. The minimum Gasteiger partial charge on any atom is -0.508 e. The predicted molar refractivity (Wildman–Crippen MR) is 150 cm³/mol. The normalized spacial score (nSPS) is 13.9. The Bertz CT molecular complexity index is 1820. The molecule has 0 aliphatic carbocycles. The summed E-state index contributed by atoms with van der Waals surface area (Å²) in [4.78, 5) is 19.1. The number of phenolic OH excluding ortho intramolecular Hbond substituents is 1. The molecule has 0 amide bonds. The Morgan fingerprint density at radius 3 is 2.60 bits per heavy atom. The Labute approximate surface area is 228 Å². The van der Waals surface area contributed by atoms with Gasteiger partial charge in [0.1, 0.15) is 29.6 Å². The van der Waals surface area contributed by atoms with Crippen LogP contribution in [0.25, 0.3) is 55.6 Å². The molecule has 0 radical (unpaired) electrons. The van der Waals surface area contributed by atoms with Gasteiger partial charge >= 0.3 is 0 Å². The number of halogens is 1. The second-order valence-electron chi connectivity index (χ2n) is 10.0. The van der Waals surface area contributed by atoms with Crippen molar-refractivity contribution in [2.24, 2.45) is 0 Å². The molecule has 1 aliphatic heterocycles. The van der Waals surface area contributed by atoms with Crippen LogP contribution < -0.4 is 4.74 Å². The van der Waals surface area contributed by atoms with Crippen molar-refractivity contribution < 1.29 is 14.2 Å². The van der Waals surface area contributed by atoms with E-state index in [4.69, 9.17) is 4.74 Å². The van der Waals surface area contributed by atoms with Crippen molar-refractivity contribution in [1.82, 2.24) is 35.0 Å². The molecule has 6 aromatic rings. The monoisotopic (exact) mass is 535 g/mol. The highest BCUT2D eigenvalue weighted by Crippen LogP contribution is 2.35. The van der Waals surface area contributed by atoms with Crippen LogP contribution in [0.1, 0.15) is 12.8 Å². The molecule has 1 aromatic carbocycles. The molecule has 0 saturated carbocycles. The Morgan fingerprint density at radius 1 is 0.875 bits per heavy atom. The number of phenols is 1. The third-order valence-corrected chi connectivity index (χ3v) is 7.33. The number of H-pyrrole nitrogens is 2. The number of rotatable bonds is 7. The van der Waals surface area contributed by atoms with Gasteiger partial charge in [0.15, 0.2) is 5.65 Å². The van der Waals surface area contributed by atoms with Crippen molar-refractivity contribution in [3.05, 3.63) is 73.2 Å². The van der Waals surface area contributed by atoms with Gasteiger partial charge in [-0.15, -0.1) is 0 Å². The number of nitrogens with one attached hydrogen (secondary N) is 2. The van der Waals surface area contributed by atoms with E-state index in [1.165, 1.54) is 25.0 Å². The van der Waals surface area contributed by atoms with E-state index < -0.39 is 5.82 Å². The Morgan fingerprint density at radius 2 is 1.73 bits per heavy atom. The summed E-state index contributed by atoms with van der Waals surface area (Å²) in [7, 11) is 0. The number of aromatic amines is 2. The minimum atomic E-state index is -0.518. The second-order valence-corrected chi connectivity index (χ2v) is 10.0. The first-order valence-corrected chi connectivity index (χ1v) is 13.2. The maximum atomic E-state index is 14.0. The van der Waals surface area contributed by atoms with Crippen LogP contribution in [-0.2, 0) is 0 Å². The first kappa shape index (κ1) is 24.2. The zero-order valence-corrected chi connectivity index (χ0v) is 21.6. The molecule has 1 aliphatic rings. The molecule has 200 valence electrons. The van der Waals surface area contributed by atoms with E-state index in [1.807, 2.05) is 18.2 Å². The van der Waals surface area contributed by atoms with E-state index in [0.29, 0.717) is 29.1 Å². The second kappa shape index (κ2) is 10.0. The highest BCUT2D eigenvalue weighted by Gasteiger charge is 2.16. The number of aromatic hydroxyl groups is 1. The molecule has 40 heavy (non-hydrogen) atoms. The molecule has 5 aromatic heterocycles. The van der Waals surface area contributed by atoms with Gasteiger partial charge in [0.05, 0.1) is 23.6 Å². The largest absolute Gasteiger partial charge is 0.508 e. The summed E-state index contributed by atoms with van der Waals surface area (Å²) in [5.41, 5.74) is 5.88. The molecule has 0 spiro atoms. The van der Waals surface area contributed by atoms with Crippen LogP contribution in [-0.4, -0.2) is 66.4 Å². The van der Waals surface area contributed by atoms with Crippen molar-refractivity contribution in [1.29, 1.82) is 0 Å². The number of likely N-dealkylation sites (tertiary alicyclic amines) is 1. The molecule has 10 heteroatoms. The highest BCUT2D eigenvalue weighted by atomic mass is 19.1. The Hall–Kier alpha value is -4.83. The zero-order valence-electron chi connectivity index (χ0n) is 21.6. The van der Waals surface area contributed by atoms with Gasteiger partial charge in [0, 0.05) is 58.7 Å². The summed E-state index contributed by atoms with van der Waals surface area (Å²) in [5, 5.41) is 19.1. The summed E-state index contributed by atoms with van der Waals surface area (Å²) in [6, 6.07) is 9.93. The number of hydrogen-bond donors (Lipinski definition) is 3.